The summed E-state index contributed by atoms with van der Waals surface area (Å²) in [4.78, 5) is 0. The summed E-state index contributed by atoms with van der Waals surface area (Å²) in [6.07, 6.45) is 2.10. The maximum absolute atomic E-state index is 12.8. The van der Waals surface area contributed by atoms with E-state index >= 15 is 0 Å². The molecule has 0 amide bonds. The molecule has 0 radical (unpaired) electrons. The number of nitrogens with one attached hydrogen (secondary N) is 1. The summed E-state index contributed by atoms with van der Waals surface area (Å²) < 4.78 is 12.8. The number of halogens is 1. The van der Waals surface area contributed by atoms with Crippen LogP contribution in [-0.2, 0) is 6.42 Å². The van der Waals surface area contributed by atoms with Crippen LogP contribution in [0.2, 0.25) is 0 Å². The first kappa shape index (κ1) is 15.2. The smallest absolute Gasteiger partial charge is 0.123 e. The second-order valence-electron chi connectivity index (χ2n) is 6.89. The molecule has 0 spiro atoms. The molecular weight excluding hydrogens is 225 g/mol. The molecule has 1 rings (SSSR count). The summed E-state index contributed by atoms with van der Waals surface area (Å²) in [6.45, 7) is 12.1. The van der Waals surface area contributed by atoms with Gasteiger partial charge in [0.15, 0.2) is 0 Å². The molecule has 0 saturated heterocycles. The minimum Gasteiger partial charge on any atom is -0.312 e. The molecule has 18 heavy (non-hydrogen) atoms. The van der Waals surface area contributed by atoms with Gasteiger partial charge >= 0.3 is 0 Å². The number of hydrogen-bond donors (Lipinski definition) is 1. The number of benzene rings is 1. The third-order valence-corrected chi connectivity index (χ3v) is 3.05. The second-order valence-corrected chi connectivity index (χ2v) is 6.89. The minimum absolute atomic E-state index is 0.161. The van der Waals surface area contributed by atoms with Gasteiger partial charge in [-0.05, 0) is 63.3 Å². The lowest BCUT2D eigenvalue weighted by Gasteiger charge is -2.28. The van der Waals surface area contributed by atoms with Crippen molar-refractivity contribution in [2.75, 3.05) is 6.54 Å². The van der Waals surface area contributed by atoms with Gasteiger partial charge in [0, 0.05) is 5.54 Å². The molecule has 2 heteroatoms. The Morgan fingerprint density at radius 1 is 1.00 bits per heavy atom. The lowest BCUT2D eigenvalue weighted by molar-refractivity contribution is 0.302. The minimum atomic E-state index is -0.161. The zero-order valence-corrected chi connectivity index (χ0v) is 12.3. The van der Waals surface area contributed by atoms with E-state index < -0.39 is 0 Å². The van der Waals surface area contributed by atoms with E-state index in [1.54, 1.807) is 12.1 Å². The van der Waals surface area contributed by atoms with Crippen LogP contribution in [0.5, 0.6) is 0 Å². The molecule has 1 aromatic carbocycles. The first-order valence-corrected chi connectivity index (χ1v) is 6.67. The summed E-state index contributed by atoms with van der Waals surface area (Å²) in [5.74, 6) is -0.161. The van der Waals surface area contributed by atoms with Crippen molar-refractivity contribution < 1.29 is 4.39 Å². The van der Waals surface area contributed by atoms with Crippen molar-refractivity contribution in [1.29, 1.82) is 0 Å². The van der Waals surface area contributed by atoms with Gasteiger partial charge < -0.3 is 5.32 Å². The maximum Gasteiger partial charge on any atom is 0.123 e. The van der Waals surface area contributed by atoms with Crippen molar-refractivity contribution in [3.05, 3.63) is 35.6 Å². The molecule has 0 atom stereocenters. The summed E-state index contributed by atoms with van der Waals surface area (Å²) in [7, 11) is 0. The Labute approximate surface area is 111 Å². The molecule has 0 aliphatic carbocycles. The second kappa shape index (κ2) is 5.83. The van der Waals surface area contributed by atoms with Crippen LogP contribution in [0.3, 0.4) is 0 Å². The largest absolute Gasteiger partial charge is 0.312 e. The van der Waals surface area contributed by atoms with Crippen LogP contribution in [-0.4, -0.2) is 12.1 Å². The molecule has 0 aromatic heterocycles. The van der Waals surface area contributed by atoms with E-state index in [2.05, 4.69) is 39.9 Å². The van der Waals surface area contributed by atoms with E-state index in [-0.39, 0.29) is 16.8 Å². The van der Waals surface area contributed by atoms with E-state index in [1.165, 1.54) is 5.56 Å². The standard InChI is InChI=1S/C16H26FN/c1-15(2,3)18-11-10-16(4,5)12-13-6-8-14(17)9-7-13/h6-9,18H,10-12H2,1-5H3. The van der Waals surface area contributed by atoms with Gasteiger partial charge in [-0.15, -0.1) is 0 Å². The van der Waals surface area contributed by atoms with Crippen LogP contribution in [0.15, 0.2) is 24.3 Å². The van der Waals surface area contributed by atoms with E-state index in [0.717, 1.165) is 19.4 Å². The van der Waals surface area contributed by atoms with Crippen LogP contribution < -0.4 is 5.32 Å². The molecule has 0 fully saturated rings. The van der Waals surface area contributed by atoms with Gasteiger partial charge in [-0.1, -0.05) is 26.0 Å². The number of rotatable bonds is 5. The Morgan fingerprint density at radius 2 is 1.56 bits per heavy atom. The van der Waals surface area contributed by atoms with Gasteiger partial charge in [0.1, 0.15) is 5.82 Å². The zero-order chi connectivity index (χ0) is 13.8. The van der Waals surface area contributed by atoms with Gasteiger partial charge in [-0.25, -0.2) is 4.39 Å². The molecule has 0 aliphatic heterocycles. The van der Waals surface area contributed by atoms with Crippen molar-refractivity contribution in [3.63, 3.8) is 0 Å². The quantitative estimate of drug-likeness (QED) is 0.828. The molecular formula is C16H26FN. The van der Waals surface area contributed by atoms with Crippen LogP contribution in [0.1, 0.15) is 46.6 Å². The molecule has 0 saturated carbocycles. The summed E-state index contributed by atoms with van der Waals surface area (Å²) in [5.41, 5.74) is 1.61. The SMILES string of the molecule is CC(C)(CCNC(C)(C)C)Cc1ccc(F)cc1. The van der Waals surface area contributed by atoms with E-state index in [1.807, 2.05) is 12.1 Å². The Bertz CT molecular complexity index is 360. The average molecular weight is 251 g/mol. The molecule has 0 unspecified atom stereocenters. The normalized spacial score (nSPS) is 12.8. The lowest BCUT2D eigenvalue weighted by Crippen LogP contribution is -2.38. The Morgan fingerprint density at radius 3 is 2.06 bits per heavy atom. The first-order valence-electron chi connectivity index (χ1n) is 6.67. The van der Waals surface area contributed by atoms with E-state index in [9.17, 15) is 4.39 Å². The first-order chi connectivity index (χ1) is 8.18. The van der Waals surface area contributed by atoms with Gasteiger partial charge in [0.25, 0.3) is 0 Å². The van der Waals surface area contributed by atoms with Crippen molar-refractivity contribution in [3.8, 4) is 0 Å². The average Bonchev–Trinajstić information content (AvgIpc) is 2.18. The topological polar surface area (TPSA) is 12.0 Å². The molecule has 102 valence electrons. The highest BCUT2D eigenvalue weighted by molar-refractivity contribution is 5.17. The van der Waals surface area contributed by atoms with Crippen molar-refractivity contribution in [1.82, 2.24) is 5.32 Å². The van der Waals surface area contributed by atoms with Crippen molar-refractivity contribution in [2.45, 2.75) is 53.0 Å². The highest BCUT2D eigenvalue weighted by Gasteiger charge is 2.19. The molecule has 1 aromatic rings. The fraction of sp³-hybridized carbons (Fsp3) is 0.625. The summed E-state index contributed by atoms with van der Waals surface area (Å²) in [6, 6.07) is 6.85. The molecule has 0 heterocycles. The van der Waals surface area contributed by atoms with E-state index in [0.29, 0.717) is 0 Å². The zero-order valence-electron chi connectivity index (χ0n) is 12.3. The van der Waals surface area contributed by atoms with Crippen molar-refractivity contribution in [2.24, 2.45) is 5.41 Å². The third-order valence-electron chi connectivity index (χ3n) is 3.05. The number of hydrogen-bond acceptors (Lipinski definition) is 1. The monoisotopic (exact) mass is 251 g/mol. The highest BCUT2D eigenvalue weighted by atomic mass is 19.1. The predicted molar refractivity (Wildman–Crippen MR) is 76.3 cm³/mol. The van der Waals surface area contributed by atoms with Crippen LogP contribution in [0.25, 0.3) is 0 Å². The predicted octanol–water partition coefficient (Wildman–Crippen LogP) is 4.17. The maximum atomic E-state index is 12.8. The summed E-state index contributed by atoms with van der Waals surface area (Å²) in [5, 5.41) is 3.51. The van der Waals surface area contributed by atoms with Gasteiger partial charge in [-0.3, -0.25) is 0 Å². The fourth-order valence-corrected chi connectivity index (χ4v) is 2.02. The Hall–Kier alpha value is -0.890. The lowest BCUT2D eigenvalue weighted by atomic mass is 9.82. The highest BCUT2D eigenvalue weighted by Crippen LogP contribution is 2.25. The van der Waals surface area contributed by atoms with E-state index in [4.69, 9.17) is 0 Å². The van der Waals surface area contributed by atoms with Gasteiger partial charge in [-0.2, -0.15) is 0 Å². The molecule has 0 aliphatic rings. The van der Waals surface area contributed by atoms with Crippen LogP contribution in [0.4, 0.5) is 4.39 Å². The fourth-order valence-electron chi connectivity index (χ4n) is 2.02. The summed E-state index contributed by atoms with van der Waals surface area (Å²) >= 11 is 0. The molecule has 0 bridgehead atoms. The molecule has 1 nitrogen and oxygen atoms in total. The van der Waals surface area contributed by atoms with Crippen molar-refractivity contribution >= 4 is 0 Å². The van der Waals surface area contributed by atoms with Crippen LogP contribution >= 0.6 is 0 Å². The Balaban J connectivity index is 2.46. The molecule has 1 N–H and O–H groups in total. The Kier molecular flexibility index (Phi) is 4.92. The van der Waals surface area contributed by atoms with Gasteiger partial charge in [0.2, 0.25) is 0 Å². The van der Waals surface area contributed by atoms with Gasteiger partial charge in [0.05, 0.1) is 0 Å². The third kappa shape index (κ3) is 6.15. The van der Waals surface area contributed by atoms with Crippen LogP contribution in [0, 0.1) is 11.2 Å².